The molecule has 4 aromatic rings. The van der Waals surface area contributed by atoms with Crippen LogP contribution in [0.4, 0.5) is 5.69 Å². The zero-order valence-corrected chi connectivity index (χ0v) is 23.5. The second-order valence-electron chi connectivity index (χ2n) is 11.4. The molecular weight excluding hydrogens is 488 g/mol. The van der Waals surface area contributed by atoms with E-state index in [9.17, 15) is 14.9 Å². The van der Waals surface area contributed by atoms with Gasteiger partial charge in [-0.3, -0.25) is 4.79 Å². The molecule has 1 aromatic heterocycles. The van der Waals surface area contributed by atoms with Crippen LogP contribution in [0.1, 0.15) is 74.6 Å². The van der Waals surface area contributed by atoms with Crippen molar-refractivity contribution in [2.75, 3.05) is 5.32 Å². The van der Waals surface area contributed by atoms with Crippen LogP contribution in [-0.2, 0) is 10.2 Å². The van der Waals surface area contributed by atoms with Gasteiger partial charge in [0, 0.05) is 22.9 Å². The van der Waals surface area contributed by atoms with Gasteiger partial charge in [-0.1, -0.05) is 36.4 Å². The van der Waals surface area contributed by atoms with Gasteiger partial charge in [0.2, 0.25) is 0 Å². The van der Waals surface area contributed by atoms with Gasteiger partial charge in [-0.2, -0.15) is 5.26 Å². The van der Waals surface area contributed by atoms with Gasteiger partial charge in [0.15, 0.2) is 5.43 Å². The molecule has 0 saturated carbocycles. The van der Waals surface area contributed by atoms with E-state index in [1.165, 1.54) is 6.07 Å². The summed E-state index contributed by atoms with van der Waals surface area (Å²) in [5.41, 5.74) is 3.33. The maximum atomic E-state index is 13.3. The lowest BCUT2D eigenvalue weighted by molar-refractivity contribution is 0.00706. The number of hydrogen-bond donors (Lipinski definition) is 1. The number of aryl methyl sites for hydroxylation is 1. The highest BCUT2D eigenvalue weighted by molar-refractivity contribution is 5.96. The van der Waals surface area contributed by atoms with Crippen molar-refractivity contribution in [2.24, 2.45) is 0 Å². The maximum Gasteiger partial charge on any atom is 0.340 e. The van der Waals surface area contributed by atoms with E-state index in [1.807, 2.05) is 97.0 Å². The average Bonchev–Trinajstić information content (AvgIpc) is 2.88. The molecule has 6 nitrogen and oxygen atoms in total. The number of esters is 1. The first-order chi connectivity index (χ1) is 18.3. The minimum atomic E-state index is -0.685. The molecule has 0 aliphatic carbocycles. The Labute approximate surface area is 229 Å². The lowest BCUT2D eigenvalue weighted by Crippen LogP contribution is -2.24. The second-order valence-corrected chi connectivity index (χ2v) is 11.4. The van der Waals surface area contributed by atoms with Crippen LogP contribution in [0, 0.1) is 18.3 Å². The third-order valence-corrected chi connectivity index (χ3v) is 6.53. The Hall–Kier alpha value is -4.37. The fraction of sp³-hybridized carbons (Fsp3) is 0.303. The van der Waals surface area contributed by atoms with Crippen LogP contribution < -0.4 is 10.7 Å². The summed E-state index contributed by atoms with van der Waals surface area (Å²) < 4.78 is 12.0. The zero-order valence-electron chi connectivity index (χ0n) is 23.5. The van der Waals surface area contributed by atoms with E-state index in [-0.39, 0.29) is 11.5 Å². The number of hydrogen-bond acceptors (Lipinski definition) is 6. The van der Waals surface area contributed by atoms with Crippen molar-refractivity contribution in [2.45, 2.75) is 65.5 Å². The van der Waals surface area contributed by atoms with E-state index in [2.05, 4.69) is 11.4 Å². The highest BCUT2D eigenvalue weighted by atomic mass is 16.6. The van der Waals surface area contributed by atoms with Gasteiger partial charge in [0.05, 0.1) is 28.5 Å². The molecule has 3 aromatic carbocycles. The second kappa shape index (κ2) is 10.4. The number of fused-ring (bicyclic) bond motifs is 1. The van der Waals surface area contributed by atoms with E-state index in [0.29, 0.717) is 28.0 Å². The molecular formula is C33H34N2O4. The molecule has 0 aliphatic rings. The van der Waals surface area contributed by atoms with Crippen molar-refractivity contribution < 1.29 is 13.9 Å². The predicted octanol–water partition coefficient (Wildman–Crippen LogP) is 7.70. The number of ether oxygens (including phenoxy) is 1. The van der Waals surface area contributed by atoms with E-state index in [1.54, 1.807) is 12.1 Å². The SMILES string of the molecule is Cc1cc(C(C)Nc2ccccc2C(=O)OC(C)(C)C)c2oc(-c3cccc(C(C)(C)C#N)c3)cc(=O)c2c1. The zero-order chi connectivity index (χ0) is 28.5. The quantitative estimate of drug-likeness (QED) is 0.261. The lowest BCUT2D eigenvalue weighted by Gasteiger charge is -2.23. The fourth-order valence-corrected chi connectivity index (χ4v) is 4.46. The minimum Gasteiger partial charge on any atom is -0.456 e. The van der Waals surface area contributed by atoms with Crippen LogP contribution in [0.5, 0.6) is 0 Å². The smallest absolute Gasteiger partial charge is 0.340 e. The number of nitrogens with one attached hydrogen (secondary N) is 1. The lowest BCUT2D eigenvalue weighted by atomic mass is 9.85. The summed E-state index contributed by atoms with van der Waals surface area (Å²) in [6.45, 7) is 13.1. The molecule has 6 heteroatoms. The Morgan fingerprint density at radius 1 is 1.00 bits per heavy atom. The van der Waals surface area contributed by atoms with Gasteiger partial charge < -0.3 is 14.5 Å². The van der Waals surface area contributed by atoms with Crippen LogP contribution in [0.3, 0.4) is 0 Å². The number of nitrogens with zero attached hydrogens (tertiary/aromatic N) is 1. The highest BCUT2D eigenvalue weighted by Crippen LogP contribution is 2.33. The Kier molecular flexibility index (Phi) is 7.39. The minimum absolute atomic E-state index is 0.150. The number of rotatable bonds is 6. The Morgan fingerprint density at radius 3 is 2.41 bits per heavy atom. The number of carbonyl (C=O) groups is 1. The molecule has 0 spiro atoms. The Morgan fingerprint density at radius 2 is 1.72 bits per heavy atom. The Balaban J connectivity index is 1.79. The molecule has 1 atom stereocenters. The number of anilines is 1. The number of carbonyl (C=O) groups excluding carboxylic acids is 1. The molecule has 1 heterocycles. The van der Waals surface area contributed by atoms with Gasteiger partial charge >= 0.3 is 5.97 Å². The summed E-state index contributed by atoms with van der Waals surface area (Å²) in [7, 11) is 0. The topological polar surface area (TPSA) is 92.3 Å². The van der Waals surface area contributed by atoms with Crippen LogP contribution in [-0.4, -0.2) is 11.6 Å². The molecule has 0 amide bonds. The molecule has 0 saturated heterocycles. The van der Waals surface area contributed by atoms with Crippen molar-refractivity contribution in [1.82, 2.24) is 0 Å². The molecule has 0 radical (unpaired) electrons. The normalized spacial score (nSPS) is 12.6. The van der Waals surface area contributed by atoms with Gasteiger partial charge in [-0.15, -0.1) is 0 Å². The first-order valence-corrected chi connectivity index (χ1v) is 13.0. The largest absolute Gasteiger partial charge is 0.456 e. The van der Waals surface area contributed by atoms with Crippen molar-refractivity contribution >= 4 is 22.6 Å². The third kappa shape index (κ3) is 6.04. The summed E-state index contributed by atoms with van der Waals surface area (Å²) in [5.74, 6) is 0.00967. The monoisotopic (exact) mass is 522 g/mol. The first-order valence-electron chi connectivity index (χ1n) is 13.0. The molecule has 0 aliphatic heterocycles. The molecule has 1 unspecified atom stereocenters. The van der Waals surface area contributed by atoms with E-state index in [0.717, 1.165) is 22.3 Å². The maximum absolute atomic E-state index is 13.3. The molecule has 200 valence electrons. The summed E-state index contributed by atoms with van der Waals surface area (Å²) in [6.07, 6.45) is 0. The van der Waals surface area contributed by atoms with Gasteiger partial charge in [-0.05, 0) is 83.9 Å². The molecule has 1 N–H and O–H groups in total. The van der Waals surface area contributed by atoms with Crippen LogP contribution in [0.2, 0.25) is 0 Å². The summed E-state index contributed by atoms with van der Waals surface area (Å²) >= 11 is 0. The molecule has 39 heavy (non-hydrogen) atoms. The third-order valence-electron chi connectivity index (χ3n) is 6.53. The number of benzene rings is 3. The number of para-hydroxylation sites is 1. The highest BCUT2D eigenvalue weighted by Gasteiger charge is 2.23. The van der Waals surface area contributed by atoms with Gasteiger partial charge in [0.1, 0.15) is 16.9 Å². The fourth-order valence-electron chi connectivity index (χ4n) is 4.46. The first kappa shape index (κ1) is 27.7. The summed E-state index contributed by atoms with van der Waals surface area (Å²) in [5, 5.41) is 13.5. The molecule has 4 rings (SSSR count). The molecule has 0 fully saturated rings. The Bertz CT molecular complexity index is 1650. The van der Waals surface area contributed by atoms with Crippen LogP contribution in [0.15, 0.2) is 75.9 Å². The molecule has 0 bridgehead atoms. The van der Waals surface area contributed by atoms with E-state index in [4.69, 9.17) is 9.15 Å². The standard InChI is InChI=1S/C33H34N2O4/c1-20-15-25(21(2)35-27-14-9-8-13-24(27)31(37)39-32(3,4)5)30-26(16-20)28(36)18-29(38-30)22-11-10-12-23(17-22)33(6,7)19-34/h8-18,21,35H,1-7H3. The van der Waals surface area contributed by atoms with Crippen molar-refractivity contribution in [3.8, 4) is 17.4 Å². The van der Waals surface area contributed by atoms with Crippen molar-refractivity contribution in [3.63, 3.8) is 0 Å². The average molecular weight is 523 g/mol. The predicted molar refractivity (Wildman–Crippen MR) is 155 cm³/mol. The van der Waals surface area contributed by atoms with Gasteiger partial charge in [0.25, 0.3) is 0 Å². The van der Waals surface area contributed by atoms with E-state index < -0.39 is 17.0 Å². The van der Waals surface area contributed by atoms with Crippen LogP contribution in [0.25, 0.3) is 22.3 Å². The van der Waals surface area contributed by atoms with Crippen molar-refractivity contribution in [3.05, 3.63) is 99.2 Å². The van der Waals surface area contributed by atoms with Crippen LogP contribution >= 0.6 is 0 Å². The van der Waals surface area contributed by atoms with E-state index >= 15 is 0 Å². The number of nitriles is 1. The summed E-state index contributed by atoms with van der Waals surface area (Å²) in [4.78, 5) is 26.2. The summed E-state index contributed by atoms with van der Waals surface area (Å²) in [6, 6.07) is 22.0. The van der Waals surface area contributed by atoms with Gasteiger partial charge in [-0.25, -0.2) is 4.79 Å². The van der Waals surface area contributed by atoms with Crippen molar-refractivity contribution in [1.29, 1.82) is 5.26 Å².